The van der Waals surface area contributed by atoms with Crippen molar-refractivity contribution in [3.05, 3.63) is 82.2 Å². The molecule has 0 unspecified atom stereocenters. The van der Waals surface area contributed by atoms with Gasteiger partial charge in [-0.3, -0.25) is 34.6 Å². The van der Waals surface area contributed by atoms with Crippen LogP contribution in [-0.2, 0) is 45.0 Å². The minimum Gasteiger partial charge on any atom is -0.494 e. The lowest BCUT2D eigenvalue weighted by Crippen LogP contribution is -2.45. The van der Waals surface area contributed by atoms with Gasteiger partial charge >= 0.3 is 12.1 Å². The number of nitrogens with two attached hydrogens (primary N) is 2. The molecule has 0 saturated heterocycles. The number of aromatic nitrogens is 6. The summed E-state index contributed by atoms with van der Waals surface area (Å²) < 4.78 is 36.9. The summed E-state index contributed by atoms with van der Waals surface area (Å²) in [4.78, 5) is 107. The molecule has 388 valence electrons. The summed E-state index contributed by atoms with van der Waals surface area (Å²) in [6.45, 7) is 12.8. The van der Waals surface area contributed by atoms with Crippen molar-refractivity contribution in [2.75, 3.05) is 37.5 Å². The molecule has 6 amide bonds. The summed E-state index contributed by atoms with van der Waals surface area (Å²) in [5.74, 6) is -3.12. The maximum atomic E-state index is 13.8. The van der Waals surface area contributed by atoms with Gasteiger partial charge in [0.25, 0.3) is 11.8 Å². The number of alkyl carbamates (subject to hydrolysis) is 1. The molecule has 0 aliphatic rings. The molecule has 25 heteroatoms. The highest BCUT2D eigenvalue weighted by atomic mass is 16.6. The van der Waals surface area contributed by atoms with E-state index in [9.17, 15) is 33.6 Å². The van der Waals surface area contributed by atoms with E-state index >= 15 is 0 Å². The first-order chi connectivity index (χ1) is 34.6. The Kier molecular flexibility index (Phi) is 16.9. The number of allylic oxidation sites excluding steroid dienone is 2. The van der Waals surface area contributed by atoms with Crippen LogP contribution in [0.2, 0.25) is 0 Å². The summed E-state index contributed by atoms with van der Waals surface area (Å²) in [5, 5.41) is 10.4. The molecule has 4 aromatic heterocycles. The lowest BCUT2D eigenvalue weighted by molar-refractivity contribution is -0.147. The summed E-state index contributed by atoms with van der Waals surface area (Å²) in [6.07, 6.45) is 3.65. The number of amides is 6. The van der Waals surface area contributed by atoms with E-state index in [1.54, 1.807) is 55.9 Å². The summed E-state index contributed by atoms with van der Waals surface area (Å²) >= 11 is 0. The van der Waals surface area contributed by atoms with Gasteiger partial charge in [0.1, 0.15) is 40.7 Å². The summed E-state index contributed by atoms with van der Waals surface area (Å²) in [6, 6.07) is 4.74. The Labute approximate surface area is 417 Å². The highest BCUT2D eigenvalue weighted by molar-refractivity contribution is 6.05. The summed E-state index contributed by atoms with van der Waals surface area (Å²) in [7, 11) is 1.41. The second kappa shape index (κ2) is 23.0. The van der Waals surface area contributed by atoms with E-state index in [1.807, 2.05) is 13.8 Å². The monoisotopic (exact) mass is 1010 g/mol. The van der Waals surface area contributed by atoms with E-state index in [2.05, 4.69) is 41.2 Å². The van der Waals surface area contributed by atoms with Gasteiger partial charge in [-0.05, 0) is 64.8 Å². The van der Waals surface area contributed by atoms with Crippen LogP contribution in [0, 0.1) is 13.8 Å². The fourth-order valence-corrected chi connectivity index (χ4v) is 7.36. The predicted octanol–water partition coefficient (Wildman–Crippen LogP) is 4.41. The molecule has 25 nitrogen and oxygen atoms in total. The lowest BCUT2D eigenvalue weighted by atomic mass is 10.1. The van der Waals surface area contributed by atoms with Gasteiger partial charge in [-0.2, -0.15) is 0 Å². The van der Waals surface area contributed by atoms with Crippen molar-refractivity contribution >= 4 is 75.6 Å². The number of anilines is 2. The lowest BCUT2D eigenvalue weighted by Gasteiger charge is -2.19. The zero-order chi connectivity index (χ0) is 53.3. The maximum absolute atomic E-state index is 13.8. The van der Waals surface area contributed by atoms with Gasteiger partial charge in [0.05, 0.1) is 42.7 Å². The van der Waals surface area contributed by atoms with Crippen molar-refractivity contribution in [2.45, 2.75) is 99.4 Å². The van der Waals surface area contributed by atoms with Gasteiger partial charge in [-0.25, -0.2) is 29.5 Å². The van der Waals surface area contributed by atoms with Crippen LogP contribution >= 0.6 is 0 Å². The Morgan fingerprint density at radius 2 is 1.23 bits per heavy atom. The average Bonchev–Trinajstić information content (AvgIpc) is 4.10. The second-order valence-corrected chi connectivity index (χ2v) is 17.3. The van der Waals surface area contributed by atoms with Gasteiger partial charge in [0.15, 0.2) is 11.8 Å². The number of primary amides is 2. The molecule has 4 heterocycles. The second-order valence-electron chi connectivity index (χ2n) is 17.3. The van der Waals surface area contributed by atoms with E-state index in [0.717, 1.165) is 0 Å². The van der Waals surface area contributed by atoms with E-state index in [1.165, 1.54) is 38.3 Å². The van der Waals surface area contributed by atoms with Crippen molar-refractivity contribution in [2.24, 2.45) is 11.5 Å². The number of methoxy groups -OCH3 is 1. The molecule has 0 spiro atoms. The van der Waals surface area contributed by atoms with E-state index in [-0.39, 0.29) is 95.7 Å². The normalized spacial score (nSPS) is 11.9. The first-order valence-corrected chi connectivity index (χ1v) is 23.1. The molecule has 6 aromatic rings. The molecule has 6 rings (SSSR count). The smallest absolute Gasteiger partial charge is 0.408 e. The van der Waals surface area contributed by atoms with Gasteiger partial charge in [0.2, 0.25) is 41.1 Å². The number of carbonyl (C=O) groups is 7. The molecule has 0 radical (unpaired) electrons. The van der Waals surface area contributed by atoms with Crippen molar-refractivity contribution in [1.29, 1.82) is 0 Å². The van der Waals surface area contributed by atoms with Crippen LogP contribution in [0.15, 0.2) is 45.3 Å². The van der Waals surface area contributed by atoms with Crippen LogP contribution < -0.4 is 42.2 Å². The third kappa shape index (κ3) is 13.2. The Morgan fingerprint density at radius 3 is 1.70 bits per heavy atom. The molecular formula is C48H58N12O13. The highest BCUT2D eigenvalue weighted by Crippen LogP contribution is 2.33. The fourth-order valence-electron chi connectivity index (χ4n) is 7.36. The number of carbonyl (C=O) groups excluding carboxylic acids is 7. The number of fused-ring (bicyclic) bond motifs is 2. The zero-order valence-electron chi connectivity index (χ0n) is 41.8. The minimum absolute atomic E-state index is 0.00774. The quantitative estimate of drug-likeness (QED) is 0.0311. The number of rotatable bonds is 22. The number of nitrogens with zero attached hydrogens (tertiary/aromatic N) is 6. The molecule has 73 heavy (non-hydrogen) atoms. The molecule has 0 saturated carbocycles. The number of oxazole rings is 2. The first-order valence-electron chi connectivity index (χ1n) is 23.1. The van der Waals surface area contributed by atoms with Gasteiger partial charge in [0, 0.05) is 44.5 Å². The predicted molar refractivity (Wildman–Crippen MR) is 262 cm³/mol. The van der Waals surface area contributed by atoms with E-state index in [0.29, 0.717) is 41.2 Å². The van der Waals surface area contributed by atoms with E-state index in [4.69, 9.17) is 39.2 Å². The molecule has 1 atom stereocenters. The third-order valence-electron chi connectivity index (χ3n) is 10.6. The van der Waals surface area contributed by atoms with Gasteiger partial charge in [-0.15, -0.1) is 0 Å². The standard InChI is InChI=1S/C48H58N12O13/c1-10-29-38(71-25(4)53-29)42(64)57-45-55-31-19-27(40(49)62)21-33(68-9)36(31)59(45)15-12-13-16-60-37-32(56-46(60)58-43(65)39-30(11-2)54-26(5)72-39)20-28(41(50)63)22-34(37)69-17-14-18-70-44(66)24(3)52-35(61)23-51-47(67)73-48(6,7)8/h12-13,19-22,24H,10-11,14-18,23H2,1-9H3,(H2,49,62)(H2,50,63)(H,51,67)(H,52,61)(H,55,57,64)(H,56,58,65)/b13-12+/t24-/m1/s1. The Hall–Kier alpha value is -8.77. The van der Waals surface area contributed by atoms with Crippen molar-refractivity contribution < 1.29 is 61.3 Å². The number of esters is 1. The number of benzene rings is 2. The van der Waals surface area contributed by atoms with Crippen LogP contribution in [0.1, 0.15) is 113 Å². The van der Waals surface area contributed by atoms with Crippen LogP contribution in [0.4, 0.5) is 16.7 Å². The molecule has 2 aromatic carbocycles. The molecule has 0 aliphatic carbocycles. The number of hydrogen-bond acceptors (Lipinski definition) is 17. The number of imidazole rings is 2. The van der Waals surface area contributed by atoms with Crippen LogP contribution in [0.5, 0.6) is 11.5 Å². The zero-order valence-corrected chi connectivity index (χ0v) is 41.8. The van der Waals surface area contributed by atoms with Gasteiger partial charge in [-0.1, -0.05) is 26.0 Å². The SMILES string of the molecule is CCc1nc(C)oc1C(=O)Nc1nc2cc(C(N)=O)cc(OC)c2n1C/C=C/Cn1c(NC(=O)c2oc(C)nc2CC)nc2cc(C(N)=O)cc(OCCCOC(=O)[C@@H](C)NC(=O)CNC(=O)OC(C)(C)C)c21. The number of nitrogens with one attached hydrogen (secondary N) is 4. The Morgan fingerprint density at radius 1 is 0.740 bits per heavy atom. The molecular weight excluding hydrogens is 953 g/mol. The molecule has 8 N–H and O–H groups in total. The van der Waals surface area contributed by atoms with Crippen molar-refractivity contribution in [3.63, 3.8) is 0 Å². The van der Waals surface area contributed by atoms with Crippen molar-refractivity contribution in [1.82, 2.24) is 39.7 Å². The highest BCUT2D eigenvalue weighted by Gasteiger charge is 2.26. The Bertz CT molecular complexity index is 3120. The first kappa shape index (κ1) is 53.6. The average molecular weight is 1010 g/mol. The number of aryl methyl sites for hydroxylation is 4. The molecule has 0 bridgehead atoms. The Balaban J connectivity index is 1.27. The topological polar surface area (TPSA) is 344 Å². The van der Waals surface area contributed by atoms with Crippen LogP contribution in [-0.4, -0.2) is 109 Å². The summed E-state index contributed by atoms with van der Waals surface area (Å²) in [5.41, 5.74) is 12.9. The fraction of sp³-hybridized carbons (Fsp3) is 0.396. The maximum Gasteiger partial charge on any atom is 0.408 e. The van der Waals surface area contributed by atoms with Crippen molar-refractivity contribution in [3.8, 4) is 11.5 Å². The largest absolute Gasteiger partial charge is 0.494 e. The molecule has 0 fully saturated rings. The number of hydrogen-bond donors (Lipinski definition) is 6. The minimum atomic E-state index is -1.06. The van der Waals surface area contributed by atoms with Gasteiger partial charge < -0.3 is 59.0 Å². The third-order valence-corrected chi connectivity index (χ3v) is 10.6. The van der Waals surface area contributed by atoms with E-state index < -0.39 is 59.8 Å². The van der Waals surface area contributed by atoms with Crippen LogP contribution in [0.25, 0.3) is 22.1 Å². The van der Waals surface area contributed by atoms with Crippen LogP contribution in [0.3, 0.4) is 0 Å². The molecule has 0 aliphatic heterocycles. The number of ether oxygens (including phenoxy) is 4.